The number of carbonyl (C=O) groups is 1. The Kier molecular flexibility index (Phi) is 4.07. The van der Waals surface area contributed by atoms with Gasteiger partial charge in [0.1, 0.15) is 5.82 Å². The van der Waals surface area contributed by atoms with Crippen molar-refractivity contribution in [2.24, 2.45) is 0 Å². The Morgan fingerprint density at radius 1 is 1.47 bits per heavy atom. The lowest BCUT2D eigenvalue weighted by Crippen LogP contribution is -2.21. The van der Waals surface area contributed by atoms with Crippen molar-refractivity contribution >= 4 is 34.5 Å². The summed E-state index contributed by atoms with van der Waals surface area (Å²) in [6.45, 7) is 2.15. The van der Waals surface area contributed by atoms with E-state index in [4.69, 9.17) is 17.3 Å². The van der Waals surface area contributed by atoms with Gasteiger partial charge in [0, 0.05) is 17.1 Å². The Hall–Kier alpha value is -1.59. The van der Waals surface area contributed by atoms with Crippen molar-refractivity contribution < 1.29 is 9.18 Å². The summed E-state index contributed by atoms with van der Waals surface area (Å²) in [5.41, 5.74) is 7.04. The maximum absolute atomic E-state index is 13.0. The number of nitrogens with one attached hydrogen (secondary N) is 1. The molecule has 2 aromatic rings. The van der Waals surface area contributed by atoms with Gasteiger partial charge >= 0.3 is 0 Å². The van der Waals surface area contributed by atoms with Crippen LogP contribution in [0.2, 0.25) is 5.02 Å². The fourth-order valence-electron chi connectivity index (χ4n) is 1.53. The van der Waals surface area contributed by atoms with Crippen molar-refractivity contribution in [1.82, 2.24) is 5.32 Å². The summed E-state index contributed by atoms with van der Waals surface area (Å²) >= 11 is 7.01. The Balaban J connectivity index is 2.02. The standard InChI is InChI=1S/C13H12ClFN2OS/c1-7-11(16)5-12(19-7)13(18)17-6-8-2-3-10(15)9(14)4-8/h2-5H,6,16H2,1H3,(H,17,18). The minimum Gasteiger partial charge on any atom is -0.398 e. The van der Waals surface area contributed by atoms with Crippen LogP contribution in [0.15, 0.2) is 24.3 Å². The smallest absolute Gasteiger partial charge is 0.261 e. The van der Waals surface area contributed by atoms with Crippen molar-refractivity contribution in [3.05, 3.63) is 50.4 Å². The molecule has 0 atom stereocenters. The fraction of sp³-hybridized carbons (Fsp3) is 0.154. The average molecular weight is 299 g/mol. The quantitative estimate of drug-likeness (QED) is 0.913. The highest BCUT2D eigenvalue weighted by Crippen LogP contribution is 2.23. The minimum atomic E-state index is -0.474. The van der Waals surface area contributed by atoms with Crippen LogP contribution in [-0.4, -0.2) is 5.91 Å². The summed E-state index contributed by atoms with van der Waals surface area (Å²) in [7, 11) is 0. The number of aryl methyl sites for hydroxylation is 1. The third-order valence-electron chi connectivity index (χ3n) is 2.62. The molecule has 1 amide bonds. The number of benzene rings is 1. The molecule has 1 heterocycles. The van der Waals surface area contributed by atoms with E-state index in [9.17, 15) is 9.18 Å². The first-order valence-corrected chi connectivity index (χ1v) is 6.75. The highest BCUT2D eigenvalue weighted by Gasteiger charge is 2.10. The monoisotopic (exact) mass is 298 g/mol. The lowest BCUT2D eigenvalue weighted by atomic mass is 10.2. The molecule has 1 aromatic heterocycles. The van der Waals surface area contributed by atoms with Crippen molar-refractivity contribution in [2.75, 3.05) is 5.73 Å². The van der Waals surface area contributed by atoms with Crippen LogP contribution in [0.4, 0.5) is 10.1 Å². The van der Waals surface area contributed by atoms with E-state index < -0.39 is 5.82 Å². The van der Waals surface area contributed by atoms with E-state index in [1.54, 1.807) is 12.1 Å². The highest BCUT2D eigenvalue weighted by atomic mass is 35.5. The average Bonchev–Trinajstić information content (AvgIpc) is 2.71. The highest BCUT2D eigenvalue weighted by molar-refractivity contribution is 7.14. The summed E-state index contributed by atoms with van der Waals surface area (Å²) in [6.07, 6.45) is 0. The van der Waals surface area contributed by atoms with Crippen LogP contribution in [0, 0.1) is 12.7 Å². The molecule has 0 saturated carbocycles. The summed E-state index contributed by atoms with van der Waals surface area (Å²) < 4.78 is 13.0. The van der Waals surface area contributed by atoms with Gasteiger partial charge in [0.2, 0.25) is 0 Å². The molecular weight excluding hydrogens is 287 g/mol. The van der Waals surface area contributed by atoms with E-state index in [1.807, 2.05) is 6.92 Å². The number of hydrogen-bond donors (Lipinski definition) is 2. The van der Waals surface area contributed by atoms with Gasteiger partial charge in [-0.2, -0.15) is 0 Å². The van der Waals surface area contributed by atoms with Gasteiger partial charge in [-0.3, -0.25) is 4.79 Å². The molecule has 100 valence electrons. The van der Waals surface area contributed by atoms with Crippen LogP contribution in [0.3, 0.4) is 0 Å². The molecular formula is C13H12ClFN2OS. The van der Waals surface area contributed by atoms with Crippen LogP contribution in [0.25, 0.3) is 0 Å². The number of halogens is 2. The SMILES string of the molecule is Cc1sc(C(=O)NCc2ccc(F)c(Cl)c2)cc1N. The predicted molar refractivity (Wildman–Crippen MR) is 76.0 cm³/mol. The number of hydrogen-bond acceptors (Lipinski definition) is 3. The van der Waals surface area contributed by atoms with Gasteiger partial charge in [-0.15, -0.1) is 11.3 Å². The second-order valence-corrected chi connectivity index (χ2v) is 5.72. The van der Waals surface area contributed by atoms with Crippen LogP contribution in [0.5, 0.6) is 0 Å². The van der Waals surface area contributed by atoms with Crippen molar-refractivity contribution in [3.63, 3.8) is 0 Å². The summed E-state index contributed by atoms with van der Waals surface area (Å²) in [5, 5.41) is 2.78. The van der Waals surface area contributed by atoms with Crippen LogP contribution in [-0.2, 0) is 6.54 Å². The van der Waals surface area contributed by atoms with Gasteiger partial charge in [-0.05, 0) is 30.7 Å². The maximum Gasteiger partial charge on any atom is 0.261 e. The summed E-state index contributed by atoms with van der Waals surface area (Å²) in [6, 6.07) is 5.99. The third kappa shape index (κ3) is 3.24. The predicted octanol–water partition coefficient (Wildman–Crippen LogP) is 3.36. The molecule has 0 saturated heterocycles. The van der Waals surface area contributed by atoms with Crippen LogP contribution in [0.1, 0.15) is 20.1 Å². The van der Waals surface area contributed by atoms with Crippen molar-refractivity contribution in [2.45, 2.75) is 13.5 Å². The molecule has 6 heteroatoms. The molecule has 0 aliphatic heterocycles. The van der Waals surface area contributed by atoms with Gasteiger partial charge in [0.05, 0.1) is 9.90 Å². The normalized spacial score (nSPS) is 10.5. The van der Waals surface area contributed by atoms with E-state index in [2.05, 4.69) is 5.32 Å². The first-order chi connectivity index (χ1) is 8.97. The number of nitrogen functional groups attached to an aromatic ring is 1. The van der Waals surface area contributed by atoms with E-state index >= 15 is 0 Å². The number of amides is 1. The van der Waals surface area contributed by atoms with Gasteiger partial charge in [0.25, 0.3) is 5.91 Å². The molecule has 3 N–H and O–H groups in total. The molecule has 0 fully saturated rings. The lowest BCUT2D eigenvalue weighted by Gasteiger charge is -2.04. The number of anilines is 1. The Morgan fingerprint density at radius 2 is 2.21 bits per heavy atom. The van der Waals surface area contributed by atoms with Crippen LogP contribution >= 0.6 is 22.9 Å². The van der Waals surface area contributed by atoms with E-state index in [1.165, 1.54) is 23.5 Å². The molecule has 2 rings (SSSR count). The van der Waals surface area contributed by atoms with Crippen molar-refractivity contribution in [3.8, 4) is 0 Å². The number of thiophene rings is 1. The van der Waals surface area contributed by atoms with Gasteiger partial charge in [-0.25, -0.2) is 4.39 Å². The second kappa shape index (κ2) is 5.59. The largest absolute Gasteiger partial charge is 0.398 e. The molecule has 1 aromatic carbocycles. The third-order valence-corrected chi connectivity index (χ3v) is 3.97. The second-order valence-electron chi connectivity index (χ2n) is 4.05. The topological polar surface area (TPSA) is 55.1 Å². The molecule has 0 spiro atoms. The van der Waals surface area contributed by atoms with Gasteiger partial charge in [0.15, 0.2) is 0 Å². The van der Waals surface area contributed by atoms with Crippen molar-refractivity contribution in [1.29, 1.82) is 0 Å². The van der Waals surface area contributed by atoms with E-state index in [0.29, 0.717) is 10.6 Å². The molecule has 19 heavy (non-hydrogen) atoms. The van der Waals surface area contributed by atoms with E-state index in [-0.39, 0.29) is 17.5 Å². The molecule has 0 aliphatic rings. The molecule has 0 radical (unpaired) electrons. The zero-order chi connectivity index (χ0) is 14.0. The Morgan fingerprint density at radius 3 is 2.79 bits per heavy atom. The number of nitrogens with two attached hydrogens (primary N) is 1. The number of carbonyl (C=O) groups excluding carboxylic acids is 1. The van der Waals surface area contributed by atoms with Crippen LogP contribution < -0.4 is 11.1 Å². The maximum atomic E-state index is 13.0. The lowest BCUT2D eigenvalue weighted by molar-refractivity contribution is 0.0955. The molecule has 3 nitrogen and oxygen atoms in total. The van der Waals surface area contributed by atoms with Gasteiger partial charge in [-0.1, -0.05) is 17.7 Å². The summed E-state index contributed by atoms with van der Waals surface area (Å²) in [5.74, 6) is -0.677. The Bertz CT molecular complexity index is 608. The first-order valence-electron chi connectivity index (χ1n) is 5.55. The molecule has 0 aliphatic carbocycles. The van der Waals surface area contributed by atoms with E-state index in [0.717, 1.165) is 10.4 Å². The zero-order valence-electron chi connectivity index (χ0n) is 10.2. The Labute approximate surface area is 119 Å². The minimum absolute atomic E-state index is 0.0444. The first kappa shape index (κ1) is 13.8. The molecule has 0 bridgehead atoms. The van der Waals surface area contributed by atoms with Gasteiger partial charge < -0.3 is 11.1 Å². The molecule has 0 unspecified atom stereocenters. The number of rotatable bonds is 3. The summed E-state index contributed by atoms with van der Waals surface area (Å²) in [4.78, 5) is 13.3. The fourth-order valence-corrected chi connectivity index (χ4v) is 2.59. The zero-order valence-corrected chi connectivity index (χ0v) is 11.7.